The van der Waals surface area contributed by atoms with Crippen LogP contribution >= 0.6 is 11.8 Å². The summed E-state index contributed by atoms with van der Waals surface area (Å²) in [6, 6.07) is 24.3. The minimum absolute atomic E-state index is 0.224. The third-order valence-electron chi connectivity index (χ3n) is 5.14. The molecule has 0 aliphatic heterocycles. The maximum absolute atomic E-state index is 13.0. The molecule has 0 radical (unpaired) electrons. The number of anilines is 1. The lowest BCUT2D eigenvalue weighted by molar-refractivity contribution is 0.0955. The van der Waals surface area contributed by atoms with E-state index >= 15 is 0 Å². The number of rotatable bonds is 8. The minimum Gasteiger partial charge on any atom is -0.352 e. The van der Waals surface area contributed by atoms with Crippen LogP contribution in [0.25, 0.3) is 5.69 Å². The fourth-order valence-electron chi connectivity index (χ4n) is 3.48. The summed E-state index contributed by atoms with van der Waals surface area (Å²) in [5, 5.41) is 6.66. The van der Waals surface area contributed by atoms with Crippen molar-refractivity contribution in [2.45, 2.75) is 11.6 Å². The molecule has 4 aromatic rings. The molecule has 0 fully saturated rings. The first-order valence-corrected chi connectivity index (χ1v) is 11.8. The van der Waals surface area contributed by atoms with Gasteiger partial charge in [0.2, 0.25) is 0 Å². The number of nitrogens with one attached hydrogen (secondary N) is 2. The maximum atomic E-state index is 13.0. The molecule has 7 heteroatoms. The van der Waals surface area contributed by atoms with Gasteiger partial charge >= 0.3 is 0 Å². The maximum Gasteiger partial charge on any atom is 0.255 e. The van der Waals surface area contributed by atoms with Crippen LogP contribution in [0.1, 0.15) is 26.3 Å². The van der Waals surface area contributed by atoms with Gasteiger partial charge < -0.3 is 10.6 Å². The number of carbonyl (C=O) groups excluding carboxylic acids is 2. The highest BCUT2D eigenvalue weighted by Gasteiger charge is 2.15. The van der Waals surface area contributed by atoms with Crippen molar-refractivity contribution in [1.29, 1.82) is 0 Å². The van der Waals surface area contributed by atoms with E-state index in [2.05, 4.69) is 15.6 Å². The molecule has 166 valence electrons. The van der Waals surface area contributed by atoms with Crippen molar-refractivity contribution in [2.24, 2.45) is 0 Å². The van der Waals surface area contributed by atoms with Gasteiger partial charge in [-0.2, -0.15) is 0 Å². The molecule has 1 aromatic heterocycles. The fourth-order valence-corrected chi connectivity index (χ4v) is 4.01. The first-order chi connectivity index (χ1) is 16.2. The monoisotopic (exact) mass is 456 g/mol. The van der Waals surface area contributed by atoms with Crippen LogP contribution in [0.4, 0.5) is 5.69 Å². The van der Waals surface area contributed by atoms with E-state index in [1.54, 1.807) is 42.6 Å². The fraction of sp³-hybridized carbons (Fsp3) is 0.115. The van der Waals surface area contributed by atoms with Gasteiger partial charge in [-0.3, -0.25) is 14.2 Å². The van der Waals surface area contributed by atoms with Crippen molar-refractivity contribution in [3.8, 4) is 5.69 Å². The zero-order chi connectivity index (χ0) is 23.0. The van der Waals surface area contributed by atoms with E-state index < -0.39 is 0 Å². The molecule has 0 saturated heterocycles. The molecule has 4 rings (SSSR count). The quantitative estimate of drug-likeness (QED) is 0.373. The van der Waals surface area contributed by atoms with E-state index in [0.29, 0.717) is 23.4 Å². The second-order valence-corrected chi connectivity index (χ2v) is 8.10. The van der Waals surface area contributed by atoms with Gasteiger partial charge in [-0.25, -0.2) is 4.98 Å². The molecule has 0 unspecified atom stereocenters. The van der Waals surface area contributed by atoms with E-state index in [9.17, 15) is 9.59 Å². The second-order valence-electron chi connectivity index (χ2n) is 7.33. The van der Waals surface area contributed by atoms with Crippen LogP contribution in [0.15, 0.2) is 96.4 Å². The first kappa shape index (κ1) is 22.4. The summed E-state index contributed by atoms with van der Waals surface area (Å²) in [6.45, 7) is 0.510. The van der Waals surface area contributed by atoms with Gasteiger partial charge in [0.25, 0.3) is 11.8 Å². The van der Waals surface area contributed by atoms with E-state index in [1.165, 1.54) is 11.8 Å². The Morgan fingerprint density at radius 2 is 1.73 bits per heavy atom. The first-order valence-electron chi connectivity index (χ1n) is 10.6. The molecule has 0 spiro atoms. The number of hydrogen-bond acceptors (Lipinski definition) is 4. The van der Waals surface area contributed by atoms with Crippen molar-refractivity contribution in [3.63, 3.8) is 0 Å². The standard InChI is InChI=1S/C26H24N4O2S/c1-33-26-28-16-17-30(26)21-11-7-10-20(18-21)24(31)29-23-13-6-5-12-22(23)25(32)27-15-14-19-8-3-2-4-9-19/h2-13,16-18H,14-15H2,1H3,(H,27,32)(H,29,31). The molecule has 33 heavy (non-hydrogen) atoms. The topological polar surface area (TPSA) is 76.0 Å². The van der Waals surface area contributed by atoms with Crippen LogP contribution in [0.2, 0.25) is 0 Å². The molecular weight excluding hydrogens is 432 g/mol. The van der Waals surface area contributed by atoms with Crippen LogP contribution in [0.3, 0.4) is 0 Å². The third kappa shape index (κ3) is 5.51. The smallest absolute Gasteiger partial charge is 0.255 e. The highest BCUT2D eigenvalue weighted by molar-refractivity contribution is 7.98. The summed E-state index contributed by atoms with van der Waals surface area (Å²) in [5.74, 6) is -0.509. The number of carbonyl (C=O) groups is 2. The Morgan fingerprint density at radius 1 is 0.939 bits per heavy atom. The van der Waals surface area contributed by atoms with E-state index in [0.717, 1.165) is 22.8 Å². The van der Waals surface area contributed by atoms with Crippen molar-refractivity contribution < 1.29 is 9.59 Å². The number of thioether (sulfide) groups is 1. The zero-order valence-electron chi connectivity index (χ0n) is 18.2. The Balaban J connectivity index is 1.46. The SMILES string of the molecule is CSc1nccn1-c1cccc(C(=O)Nc2ccccc2C(=O)NCCc2ccccc2)c1. The molecule has 0 aliphatic rings. The van der Waals surface area contributed by atoms with Gasteiger partial charge in [-0.15, -0.1) is 0 Å². The predicted molar refractivity (Wildman–Crippen MR) is 132 cm³/mol. The highest BCUT2D eigenvalue weighted by Crippen LogP contribution is 2.21. The number of aromatic nitrogens is 2. The third-order valence-corrected chi connectivity index (χ3v) is 5.81. The number of imidazole rings is 1. The summed E-state index contributed by atoms with van der Waals surface area (Å²) in [7, 11) is 0. The van der Waals surface area contributed by atoms with Gasteiger partial charge in [0.1, 0.15) is 0 Å². The number of amides is 2. The Hall–Kier alpha value is -3.84. The average molecular weight is 457 g/mol. The lowest BCUT2D eigenvalue weighted by atomic mass is 10.1. The van der Waals surface area contributed by atoms with Crippen LogP contribution in [-0.4, -0.2) is 34.2 Å². The lowest BCUT2D eigenvalue weighted by Crippen LogP contribution is -2.27. The number of hydrogen-bond donors (Lipinski definition) is 2. The largest absolute Gasteiger partial charge is 0.352 e. The van der Waals surface area contributed by atoms with Gasteiger partial charge in [-0.1, -0.05) is 60.3 Å². The summed E-state index contributed by atoms with van der Waals surface area (Å²) in [6.07, 6.45) is 6.28. The summed E-state index contributed by atoms with van der Waals surface area (Å²) < 4.78 is 1.93. The summed E-state index contributed by atoms with van der Waals surface area (Å²) >= 11 is 1.53. The van der Waals surface area contributed by atoms with Crippen molar-refractivity contribution in [2.75, 3.05) is 18.1 Å². The van der Waals surface area contributed by atoms with E-state index in [4.69, 9.17) is 0 Å². The van der Waals surface area contributed by atoms with Gasteiger partial charge in [0.05, 0.1) is 11.3 Å². The molecule has 0 bridgehead atoms. The Kier molecular flexibility index (Phi) is 7.22. The zero-order valence-corrected chi connectivity index (χ0v) is 19.0. The number of para-hydroxylation sites is 1. The highest BCUT2D eigenvalue weighted by atomic mass is 32.2. The van der Waals surface area contributed by atoms with Crippen LogP contribution < -0.4 is 10.6 Å². The van der Waals surface area contributed by atoms with Crippen LogP contribution in [0.5, 0.6) is 0 Å². The minimum atomic E-state index is -0.285. The summed E-state index contributed by atoms with van der Waals surface area (Å²) in [4.78, 5) is 30.1. The average Bonchev–Trinajstić information content (AvgIpc) is 3.34. The second kappa shape index (κ2) is 10.7. The molecule has 1 heterocycles. The molecule has 0 saturated carbocycles. The molecule has 0 aliphatic carbocycles. The molecule has 0 atom stereocenters. The molecule has 6 nitrogen and oxygen atoms in total. The molecule has 3 aromatic carbocycles. The van der Waals surface area contributed by atoms with Gasteiger partial charge in [0.15, 0.2) is 5.16 Å². The van der Waals surface area contributed by atoms with Crippen LogP contribution in [-0.2, 0) is 6.42 Å². The van der Waals surface area contributed by atoms with E-state index in [-0.39, 0.29) is 11.8 Å². The van der Waals surface area contributed by atoms with Crippen molar-refractivity contribution >= 4 is 29.3 Å². The van der Waals surface area contributed by atoms with Crippen molar-refractivity contribution in [3.05, 3.63) is 108 Å². The predicted octanol–water partition coefficient (Wildman–Crippen LogP) is 4.82. The molecule has 2 N–H and O–H groups in total. The number of nitrogens with zero attached hydrogens (tertiary/aromatic N) is 2. The number of benzene rings is 3. The Bertz CT molecular complexity index is 1250. The molecule has 2 amide bonds. The Labute approximate surface area is 197 Å². The van der Waals surface area contributed by atoms with E-state index in [1.807, 2.05) is 59.5 Å². The normalized spacial score (nSPS) is 10.6. The Morgan fingerprint density at radius 3 is 2.55 bits per heavy atom. The van der Waals surface area contributed by atoms with Gasteiger partial charge in [0, 0.05) is 30.2 Å². The molecular formula is C26H24N4O2S. The summed E-state index contributed by atoms with van der Waals surface area (Å²) in [5.41, 5.74) is 3.39. The van der Waals surface area contributed by atoms with Gasteiger partial charge in [-0.05, 0) is 48.6 Å². The lowest BCUT2D eigenvalue weighted by Gasteiger charge is -2.12. The van der Waals surface area contributed by atoms with Crippen LogP contribution in [0, 0.1) is 0 Å². The van der Waals surface area contributed by atoms with Crippen molar-refractivity contribution in [1.82, 2.24) is 14.9 Å².